The Hall–Kier alpha value is -0.890. The first-order valence-electron chi connectivity index (χ1n) is 4.71. The lowest BCUT2D eigenvalue weighted by Crippen LogP contribution is -2.09. The molecule has 2 unspecified atom stereocenters. The third-order valence-electron chi connectivity index (χ3n) is 2.94. The Morgan fingerprint density at radius 1 is 1.46 bits per heavy atom. The highest BCUT2D eigenvalue weighted by atomic mass is 19.1. The molecule has 0 heterocycles. The first-order valence-corrected chi connectivity index (χ1v) is 4.71. The normalized spacial score (nSPS) is 26.1. The number of halogens is 1. The van der Waals surface area contributed by atoms with Gasteiger partial charge in [0.2, 0.25) is 0 Å². The van der Waals surface area contributed by atoms with E-state index in [1.165, 1.54) is 11.6 Å². The topological polar surface area (TPSA) is 26.0 Å². The summed E-state index contributed by atoms with van der Waals surface area (Å²) in [5.74, 6) is 0.758. The highest BCUT2D eigenvalue weighted by Crippen LogP contribution is 2.40. The van der Waals surface area contributed by atoms with E-state index in [4.69, 9.17) is 5.73 Å². The van der Waals surface area contributed by atoms with Crippen LogP contribution in [0.4, 0.5) is 4.39 Å². The average molecular weight is 179 g/mol. The minimum absolute atomic E-state index is 0.136. The lowest BCUT2D eigenvalue weighted by molar-refractivity contribution is 0.619. The van der Waals surface area contributed by atoms with E-state index in [0.717, 1.165) is 12.0 Å². The molecular weight excluding hydrogens is 165 g/mol. The highest BCUT2D eigenvalue weighted by molar-refractivity contribution is 5.38. The lowest BCUT2D eigenvalue weighted by Gasteiger charge is -2.06. The molecule has 2 atom stereocenters. The maximum absolute atomic E-state index is 12.9. The Morgan fingerprint density at radius 3 is 2.92 bits per heavy atom. The SMILES string of the molecule is CC1CC(CN)c2ccc(F)cc21. The molecule has 0 saturated carbocycles. The van der Waals surface area contributed by atoms with Gasteiger partial charge in [0.15, 0.2) is 0 Å². The van der Waals surface area contributed by atoms with Crippen molar-refractivity contribution in [3.05, 3.63) is 35.1 Å². The molecule has 0 bridgehead atoms. The van der Waals surface area contributed by atoms with Crippen LogP contribution in [0.1, 0.15) is 36.3 Å². The van der Waals surface area contributed by atoms with Gasteiger partial charge in [0.05, 0.1) is 0 Å². The number of benzene rings is 1. The number of fused-ring (bicyclic) bond motifs is 1. The zero-order valence-electron chi connectivity index (χ0n) is 7.76. The van der Waals surface area contributed by atoms with Gasteiger partial charge in [-0.25, -0.2) is 4.39 Å². The van der Waals surface area contributed by atoms with Crippen LogP contribution in [-0.4, -0.2) is 6.54 Å². The molecule has 1 nitrogen and oxygen atoms in total. The predicted molar refractivity (Wildman–Crippen MR) is 51.2 cm³/mol. The van der Waals surface area contributed by atoms with Gasteiger partial charge in [-0.15, -0.1) is 0 Å². The molecule has 0 fully saturated rings. The average Bonchev–Trinajstić information content (AvgIpc) is 2.43. The van der Waals surface area contributed by atoms with Crippen molar-refractivity contribution < 1.29 is 4.39 Å². The van der Waals surface area contributed by atoms with Crippen molar-refractivity contribution in [2.45, 2.75) is 25.2 Å². The van der Waals surface area contributed by atoms with Crippen LogP contribution in [0, 0.1) is 5.82 Å². The zero-order chi connectivity index (χ0) is 9.42. The quantitative estimate of drug-likeness (QED) is 0.703. The van der Waals surface area contributed by atoms with Crippen molar-refractivity contribution in [1.29, 1.82) is 0 Å². The summed E-state index contributed by atoms with van der Waals surface area (Å²) in [4.78, 5) is 0. The molecule has 2 heteroatoms. The lowest BCUT2D eigenvalue weighted by atomic mass is 10.0. The summed E-state index contributed by atoms with van der Waals surface area (Å²) < 4.78 is 12.9. The van der Waals surface area contributed by atoms with Gasteiger partial charge in [-0.2, -0.15) is 0 Å². The van der Waals surface area contributed by atoms with Gasteiger partial charge in [0.1, 0.15) is 5.82 Å². The van der Waals surface area contributed by atoms with Gasteiger partial charge in [0, 0.05) is 0 Å². The Morgan fingerprint density at radius 2 is 2.23 bits per heavy atom. The molecule has 2 rings (SSSR count). The first-order chi connectivity index (χ1) is 6.22. The van der Waals surface area contributed by atoms with Crippen LogP contribution in [0.2, 0.25) is 0 Å². The summed E-state index contributed by atoms with van der Waals surface area (Å²) in [6.07, 6.45) is 1.06. The smallest absolute Gasteiger partial charge is 0.123 e. The first kappa shape index (κ1) is 8.70. The molecule has 1 aromatic carbocycles. The molecular formula is C11H14FN. The summed E-state index contributed by atoms with van der Waals surface area (Å²) >= 11 is 0. The van der Waals surface area contributed by atoms with E-state index in [-0.39, 0.29) is 5.82 Å². The largest absolute Gasteiger partial charge is 0.330 e. The third kappa shape index (κ3) is 1.35. The van der Waals surface area contributed by atoms with E-state index < -0.39 is 0 Å². The predicted octanol–water partition coefficient (Wildman–Crippen LogP) is 2.38. The fraction of sp³-hybridized carbons (Fsp3) is 0.455. The van der Waals surface area contributed by atoms with Crippen LogP contribution < -0.4 is 5.73 Å². The van der Waals surface area contributed by atoms with Crippen molar-refractivity contribution in [3.63, 3.8) is 0 Å². The van der Waals surface area contributed by atoms with Crippen LogP contribution >= 0.6 is 0 Å². The minimum atomic E-state index is -0.136. The van der Waals surface area contributed by atoms with E-state index in [1.807, 2.05) is 6.07 Å². The number of nitrogens with two attached hydrogens (primary N) is 1. The van der Waals surface area contributed by atoms with E-state index in [2.05, 4.69) is 6.92 Å². The van der Waals surface area contributed by atoms with Crippen LogP contribution in [0.15, 0.2) is 18.2 Å². The van der Waals surface area contributed by atoms with Gasteiger partial charge in [0.25, 0.3) is 0 Å². The molecule has 0 amide bonds. The van der Waals surface area contributed by atoms with E-state index in [9.17, 15) is 4.39 Å². The van der Waals surface area contributed by atoms with Crippen molar-refractivity contribution >= 4 is 0 Å². The molecule has 0 saturated heterocycles. The van der Waals surface area contributed by atoms with E-state index in [0.29, 0.717) is 18.4 Å². The Bertz CT molecular complexity index is 322. The molecule has 0 spiro atoms. The molecule has 0 aromatic heterocycles. The summed E-state index contributed by atoms with van der Waals surface area (Å²) in [6, 6.07) is 5.06. The summed E-state index contributed by atoms with van der Waals surface area (Å²) in [5, 5.41) is 0. The van der Waals surface area contributed by atoms with E-state index in [1.54, 1.807) is 6.07 Å². The Balaban J connectivity index is 2.46. The van der Waals surface area contributed by atoms with Crippen molar-refractivity contribution in [2.75, 3.05) is 6.54 Å². The van der Waals surface area contributed by atoms with Gasteiger partial charge in [-0.3, -0.25) is 0 Å². The zero-order valence-corrected chi connectivity index (χ0v) is 7.76. The minimum Gasteiger partial charge on any atom is -0.330 e. The fourth-order valence-electron chi connectivity index (χ4n) is 2.25. The number of hydrogen-bond donors (Lipinski definition) is 1. The summed E-state index contributed by atoms with van der Waals surface area (Å²) in [6.45, 7) is 2.80. The van der Waals surface area contributed by atoms with Crippen LogP contribution in [0.25, 0.3) is 0 Å². The Labute approximate surface area is 77.8 Å². The molecule has 13 heavy (non-hydrogen) atoms. The molecule has 0 radical (unpaired) electrons. The second-order valence-corrected chi connectivity index (χ2v) is 3.84. The van der Waals surface area contributed by atoms with Gasteiger partial charge in [-0.1, -0.05) is 13.0 Å². The Kier molecular flexibility index (Phi) is 2.08. The second kappa shape index (κ2) is 3.11. The maximum Gasteiger partial charge on any atom is 0.123 e. The highest BCUT2D eigenvalue weighted by Gasteiger charge is 2.27. The molecule has 1 aliphatic carbocycles. The van der Waals surface area contributed by atoms with E-state index >= 15 is 0 Å². The van der Waals surface area contributed by atoms with Crippen molar-refractivity contribution in [1.82, 2.24) is 0 Å². The number of rotatable bonds is 1. The molecule has 70 valence electrons. The van der Waals surface area contributed by atoms with Crippen LogP contribution in [0.3, 0.4) is 0 Å². The summed E-state index contributed by atoms with van der Waals surface area (Å²) in [5.41, 5.74) is 8.05. The maximum atomic E-state index is 12.9. The summed E-state index contributed by atoms with van der Waals surface area (Å²) in [7, 11) is 0. The fourth-order valence-corrected chi connectivity index (χ4v) is 2.25. The van der Waals surface area contributed by atoms with Crippen molar-refractivity contribution in [3.8, 4) is 0 Å². The number of hydrogen-bond acceptors (Lipinski definition) is 1. The van der Waals surface area contributed by atoms with Gasteiger partial charge >= 0.3 is 0 Å². The molecule has 0 aliphatic heterocycles. The molecule has 1 aliphatic rings. The standard InChI is InChI=1S/C11H14FN/c1-7-4-8(6-13)10-3-2-9(12)5-11(7)10/h2-3,5,7-8H,4,6,13H2,1H3. The van der Waals surface area contributed by atoms with Gasteiger partial charge in [-0.05, 0) is 48.1 Å². The second-order valence-electron chi connectivity index (χ2n) is 3.84. The van der Waals surface area contributed by atoms with Crippen molar-refractivity contribution in [2.24, 2.45) is 5.73 Å². The van der Waals surface area contributed by atoms with Crippen LogP contribution in [0.5, 0.6) is 0 Å². The van der Waals surface area contributed by atoms with Gasteiger partial charge < -0.3 is 5.73 Å². The third-order valence-corrected chi connectivity index (χ3v) is 2.94. The molecule has 2 N–H and O–H groups in total. The van der Waals surface area contributed by atoms with Crippen LogP contribution in [-0.2, 0) is 0 Å². The monoisotopic (exact) mass is 179 g/mol. The molecule has 1 aromatic rings.